The van der Waals surface area contributed by atoms with Crippen LogP contribution in [0.5, 0.6) is 0 Å². The van der Waals surface area contributed by atoms with Crippen LogP contribution in [0.2, 0.25) is 0 Å². The molecule has 0 radical (unpaired) electrons. The van der Waals surface area contributed by atoms with E-state index in [0.29, 0.717) is 0 Å². The van der Waals surface area contributed by atoms with Gasteiger partial charge in [0.15, 0.2) is 0 Å². The lowest BCUT2D eigenvalue weighted by atomic mass is 10.2. The molecular weight excluding hydrogens is 262 g/mol. The Balaban J connectivity index is 2.04. The van der Waals surface area contributed by atoms with E-state index in [-0.39, 0.29) is 0 Å². The molecule has 0 unspecified atom stereocenters. The average molecular weight is 279 g/mol. The van der Waals surface area contributed by atoms with Gasteiger partial charge in [-0.05, 0) is 39.0 Å². The van der Waals surface area contributed by atoms with E-state index in [0.717, 1.165) is 34.3 Å². The van der Waals surface area contributed by atoms with Gasteiger partial charge in [-0.25, -0.2) is 14.6 Å². The van der Waals surface area contributed by atoms with Crippen molar-refractivity contribution in [2.45, 2.75) is 20.8 Å². The second-order valence-corrected chi connectivity index (χ2v) is 4.92. The first kappa shape index (κ1) is 13.3. The summed E-state index contributed by atoms with van der Waals surface area (Å²) in [6.07, 6.45) is 3.69. The zero-order chi connectivity index (χ0) is 14.8. The van der Waals surface area contributed by atoms with Crippen molar-refractivity contribution in [1.82, 2.24) is 19.7 Å². The summed E-state index contributed by atoms with van der Waals surface area (Å²) in [5, 5.41) is 7.69. The molecule has 0 amide bonds. The molecule has 0 atom stereocenters. The van der Waals surface area contributed by atoms with Crippen LogP contribution < -0.4 is 5.32 Å². The van der Waals surface area contributed by atoms with Crippen LogP contribution in [0.1, 0.15) is 17.1 Å². The van der Waals surface area contributed by atoms with Crippen molar-refractivity contribution in [3.8, 4) is 5.69 Å². The monoisotopic (exact) mass is 279 g/mol. The Morgan fingerprint density at radius 2 is 1.81 bits per heavy atom. The van der Waals surface area contributed by atoms with Crippen LogP contribution in [0.4, 0.5) is 11.5 Å². The van der Waals surface area contributed by atoms with E-state index >= 15 is 0 Å². The van der Waals surface area contributed by atoms with E-state index < -0.39 is 0 Å². The Morgan fingerprint density at radius 3 is 2.57 bits per heavy atom. The maximum absolute atomic E-state index is 4.50. The van der Waals surface area contributed by atoms with Gasteiger partial charge >= 0.3 is 0 Å². The van der Waals surface area contributed by atoms with Gasteiger partial charge in [-0.1, -0.05) is 12.1 Å². The Bertz CT molecular complexity index is 762. The highest BCUT2D eigenvalue weighted by atomic mass is 15.3. The number of nitrogens with zero attached hydrogens (tertiary/aromatic N) is 4. The van der Waals surface area contributed by atoms with Crippen LogP contribution in [-0.4, -0.2) is 19.7 Å². The van der Waals surface area contributed by atoms with Crippen molar-refractivity contribution < 1.29 is 0 Å². The number of para-hydroxylation sites is 2. The Kier molecular flexibility index (Phi) is 3.39. The van der Waals surface area contributed by atoms with Gasteiger partial charge in [0.1, 0.15) is 11.6 Å². The van der Waals surface area contributed by atoms with Gasteiger partial charge in [-0.15, -0.1) is 0 Å². The SMILES string of the molecule is Cc1nc(C)c(C)c(Nc2ccccc2-n2cccn2)n1. The lowest BCUT2D eigenvalue weighted by Gasteiger charge is -2.14. The molecule has 2 heterocycles. The minimum Gasteiger partial charge on any atom is -0.338 e. The minimum atomic E-state index is 0.761. The third-order valence-corrected chi connectivity index (χ3v) is 3.41. The largest absolute Gasteiger partial charge is 0.338 e. The molecule has 0 saturated carbocycles. The fourth-order valence-electron chi connectivity index (χ4n) is 2.21. The second kappa shape index (κ2) is 5.36. The first-order valence-corrected chi connectivity index (χ1v) is 6.83. The van der Waals surface area contributed by atoms with Crippen molar-refractivity contribution in [3.05, 3.63) is 59.8 Å². The summed E-state index contributed by atoms with van der Waals surface area (Å²) < 4.78 is 1.83. The number of benzene rings is 1. The number of aromatic nitrogens is 4. The molecule has 2 aromatic heterocycles. The lowest BCUT2D eigenvalue weighted by Crippen LogP contribution is -2.05. The zero-order valence-corrected chi connectivity index (χ0v) is 12.3. The topological polar surface area (TPSA) is 55.6 Å². The van der Waals surface area contributed by atoms with E-state index in [4.69, 9.17) is 0 Å². The predicted octanol–water partition coefficient (Wildman–Crippen LogP) is 3.33. The number of anilines is 2. The third kappa shape index (κ3) is 2.63. The molecule has 3 aromatic rings. The molecular formula is C16H17N5. The van der Waals surface area contributed by atoms with Gasteiger partial charge in [0.05, 0.1) is 11.4 Å². The number of hydrogen-bond donors (Lipinski definition) is 1. The van der Waals surface area contributed by atoms with Gasteiger partial charge in [-0.3, -0.25) is 0 Å². The average Bonchev–Trinajstić information content (AvgIpc) is 2.99. The van der Waals surface area contributed by atoms with Gasteiger partial charge < -0.3 is 5.32 Å². The van der Waals surface area contributed by atoms with E-state index in [9.17, 15) is 0 Å². The number of aryl methyl sites for hydroxylation is 2. The molecule has 0 aliphatic heterocycles. The second-order valence-electron chi connectivity index (χ2n) is 4.92. The number of hydrogen-bond acceptors (Lipinski definition) is 4. The highest BCUT2D eigenvalue weighted by Crippen LogP contribution is 2.25. The molecule has 0 saturated heterocycles. The van der Waals surface area contributed by atoms with Crippen LogP contribution >= 0.6 is 0 Å². The van der Waals surface area contributed by atoms with Crippen LogP contribution in [0.3, 0.4) is 0 Å². The molecule has 106 valence electrons. The van der Waals surface area contributed by atoms with Crippen molar-refractivity contribution in [2.75, 3.05) is 5.32 Å². The molecule has 1 N–H and O–H groups in total. The summed E-state index contributed by atoms with van der Waals surface area (Å²) in [4.78, 5) is 8.88. The molecule has 0 spiro atoms. The van der Waals surface area contributed by atoms with Crippen LogP contribution in [-0.2, 0) is 0 Å². The van der Waals surface area contributed by atoms with E-state index in [1.807, 2.05) is 62.0 Å². The fourth-order valence-corrected chi connectivity index (χ4v) is 2.21. The van der Waals surface area contributed by atoms with Gasteiger partial charge in [0, 0.05) is 23.7 Å². The Morgan fingerprint density at radius 1 is 1.00 bits per heavy atom. The van der Waals surface area contributed by atoms with Crippen molar-refractivity contribution in [3.63, 3.8) is 0 Å². The van der Waals surface area contributed by atoms with Gasteiger partial charge in [0.25, 0.3) is 0 Å². The molecule has 0 aliphatic carbocycles. The molecule has 1 aromatic carbocycles. The summed E-state index contributed by atoms with van der Waals surface area (Å²) >= 11 is 0. The summed E-state index contributed by atoms with van der Waals surface area (Å²) in [6, 6.07) is 9.92. The van der Waals surface area contributed by atoms with E-state index in [2.05, 4.69) is 20.4 Å². The lowest BCUT2D eigenvalue weighted by molar-refractivity contribution is 0.881. The highest BCUT2D eigenvalue weighted by Gasteiger charge is 2.09. The quantitative estimate of drug-likeness (QED) is 0.799. The maximum atomic E-state index is 4.50. The van der Waals surface area contributed by atoms with E-state index in [1.165, 1.54) is 0 Å². The van der Waals surface area contributed by atoms with Crippen molar-refractivity contribution >= 4 is 11.5 Å². The van der Waals surface area contributed by atoms with Gasteiger partial charge in [0.2, 0.25) is 0 Å². The van der Waals surface area contributed by atoms with Crippen LogP contribution in [0, 0.1) is 20.8 Å². The van der Waals surface area contributed by atoms with Gasteiger partial charge in [-0.2, -0.15) is 5.10 Å². The van der Waals surface area contributed by atoms with Crippen LogP contribution in [0.25, 0.3) is 5.69 Å². The third-order valence-electron chi connectivity index (χ3n) is 3.41. The molecule has 5 heteroatoms. The van der Waals surface area contributed by atoms with Crippen molar-refractivity contribution in [2.24, 2.45) is 0 Å². The fraction of sp³-hybridized carbons (Fsp3) is 0.188. The Labute approximate surface area is 123 Å². The summed E-state index contributed by atoms with van der Waals surface area (Å²) in [6.45, 7) is 5.92. The standard InChI is InChI=1S/C16H17N5/c1-11-12(2)18-13(3)19-16(11)20-14-7-4-5-8-15(14)21-10-6-9-17-21/h4-10H,1-3H3,(H,18,19,20). The molecule has 21 heavy (non-hydrogen) atoms. The van der Waals surface area contributed by atoms with E-state index in [1.54, 1.807) is 6.20 Å². The highest BCUT2D eigenvalue weighted by molar-refractivity contribution is 5.68. The molecule has 0 aliphatic rings. The zero-order valence-electron chi connectivity index (χ0n) is 12.3. The molecule has 0 bridgehead atoms. The molecule has 0 fully saturated rings. The summed E-state index contributed by atoms with van der Waals surface area (Å²) in [5.41, 5.74) is 3.98. The maximum Gasteiger partial charge on any atom is 0.137 e. The normalized spacial score (nSPS) is 10.6. The minimum absolute atomic E-state index is 0.761. The first-order chi connectivity index (χ1) is 10.1. The van der Waals surface area contributed by atoms with Crippen LogP contribution in [0.15, 0.2) is 42.7 Å². The predicted molar refractivity (Wildman–Crippen MR) is 83.1 cm³/mol. The first-order valence-electron chi connectivity index (χ1n) is 6.83. The molecule has 3 rings (SSSR count). The smallest absolute Gasteiger partial charge is 0.137 e. The number of nitrogens with one attached hydrogen (secondary N) is 1. The summed E-state index contributed by atoms with van der Waals surface area (Å²) in [7, 11) is 0. The number of rotatable bonds is 3. The van der Waals surface area contributed by atoms with Crippen molar-refractivity contribution in [1.29, 1.82) is 0 Å². The summed E-state index contributed by atoms with van der Waals surface area (Å²) in [5.74, 6) is 1.59. The Hall–Kier alpha value is -2.69. The molecule has 5 nitrogen and oxygen atoms in total.